The molecule has 1 aliphatic heterocycles. The molecule has 1 fully saturated rings. The molecule has 2 aromatic rings. The first kappa shape index (κ1) is 22.7. The average Bonchev–Trinajstić information content (AvgIpc) is 2.74. The van der Waals surface area contributed by atoms with Crippen LogP contribution >= 0.6 is 0 Å². The largest absolute Gasteiger partial charge is 0.495 e. The number of anilines is 1. The number of nitrogens with one attached hydrogen (secondary N) is 1. The molecule has 0 unspecified atom stereocenters. The normalized spacial score (nSPS) is 15.5. The maximum Gasteiger partial charge on any atom is 0.271 e. The van der Waals surface area contributed by atoms with Crippen LogP contribution in [0.2, 0.25) is 0 Å². The molecule has 0 radical (unpaired) electrons. The lowest BCUT2D eigenvalue weighted by Crippen LogP contribution is -2.47. The average molecular weight is 449 g/mol. The van der Waals surface area contributed by atoms with Crippen LogP contribution in [0.4, 0.5) is 11.4 Å². The van der Waals surface area contributed by atoms with Gasteiger partial charge in [-0.1, -0.05) is 6.07 Å². The summed E-state index contributed by atoms with van der Waals surface area (Å²) in [5.74, 6) is -0.357. The molecule has 0 saturated carbocycles. The van der Waals surface area contributed by atoms with Crippen molar-refractivity contribution in [2.45, 2.75) is 11.8 Å². The Morgan fingerprint density at radius 3 is 2.42 bits per heavy atom. The number of nitrogens with zero attached hydrogens (tertiary/aromatic N) is 3. The van der Waals surface area contributed by atoms with E-state index in [1.807, 2.05) is 7.05 Å². The predicted octanol–water partition coefficient (Wildman–Crippen LogP) is 2.10. The summed E-state index contributed by atoms with van der Waals surface area (Å²) in [4.78, 5) is 25.4. The zero-order valence-corrected chi connectivity index (χ0v) is 18.3. The molecule has 10 nitrogen and oxygen atoms in total. The number of amides is 1. The number of rotatable bonds is 6. The van der Waals surface area contributed by atoms with E-state index in [9.17, 15) is 23.3 Å². The maximum atomic E-state index is 13.1. The second kappa shape index (κ2) is 9.00. The molecule has 0 atom stereocenters. The van der Waals surface area contributed by atoms with Crippen molar-refractivity contribution in [3.63, 3.8) is 0 Å². The number of carbonyl (C=O) groups excluding carboxylic acids is 1. The molecule has 0 spiro atoms. The van der Waals surface area contributed by atoms with Gasteiger partial charge in [-0.25, -0.2) is 8.42 Å². The Hall–Kier alpha value is -3.02. The summed E-state index contributed by atoms with van der Waals surface area (Å²) in [5, 5.41) is 13.6. The lowest BCUT2D eigenvalue weighted by atomic mass is 10.1. The molecule has 0 aliphatic carbocycles. The number of piperazine rings is 1. The number of hydrogen-bond acceptors (Lipinski definition) is 7. The number of sulfonamides is 1. The molecule has 1 N–H and O–H groups in total. The third-order valence-corrected chi connectivity index (χ3v) is 7.21. The molecular weight excluding hydrogens is 424 g/mol. The Morgan fingerprint density at radius 1 is 1.13 bits per heavy atom. The number of aryl methyl sites for hydroxylation is 1. The topological polar surface area (TPSA) is 122 Å². The van der Waals surface area contributed by atoms with Gasteiger partial charge in [0.25, 0.3) is 11.6 Å². The lowest BCUT2D eigenvalue weighted by Gasteiger charge is -2.32. The van der Waals surface area contributed by atoms with Crippen LogP contribution in [0, 0.1) is 17.0 Å². The molecular formula is C20H24N4O6S. The number of likely N-dealkylation sites (N-methyl/N-ethyl adjacent to an activating group) is 1. The van der Waals surface area contributed by atoms with Gasteiger partial charge in [0.2, 0.25) is 10.0 Å². The second-order valence-corrected chi connectivity index (χ2v) is 9.19. The van der Waals surface area contributed by atoms with E-state index in [2.05, 4.69) is 10.2 Å². The fourth-order valence-corrected chi connectivity index (χ4v) is 4.96. The molecule has 1 saturated heterocycles. The van der Waals surface area contributed by atoms with Gasteiger partial charge in [-0.2, -0.15) is 4.31 Å². The molecule has 0 aromatic heterocycles. The van der Waals surface area contributed by atoms with Crippen molar-refractivity contribution >= 4 is 27.3 Å². The predicted molar refractivity (Wildman–Crippen MR) is 115 cm³/mol. The highest BCUT2D eigenvalue weighted by Gasteiger charge is 2.29. The standard InChI is InChI=1S/C20H24N4O6S/c1-14-4-5-15(12-19(14)31(28,29)23-10-8-22(2)9-11-23)20(25)21-17-13-16(24(26)27)6-7-18(17)30-3/h4-7,12-13H,8-11H2,1-3H3,(H,21,25). The highest BCUT2D eigenvalue weighted by atomic mass is 32.2. The highest BCUT2D eigenvalue weighted by molar-refractivity contribution is 7.89. The fourth-order valence-electron chi connectivity index (χ4n) is 3.29. The zero-order chi connectivity index (χ0) is 22.8. The van der Waals surface area contributed by atoms with Gasteiger partial charge in [0.15, 0.2) is 0 Å². The maximum absolute atomic E-state index is 13.1. The van der Waals surface area contributed by atoms with Crippen LogP contribution in [0.1, 0.15) is 15.9 Å². The third kappa shape index (κ3) is 4.84. The van der Waals surface area contributed by atoms with Crippen LogP contribution in [-0.2, 0) is 10.0 Å². The van der Waals surface area contributed by atoms with Crippen LogP contribution < -0.4 is 10.1 Å². The Morgan fingerprint density at radius 2 is 1.81 bits per heavy atom. The zero-order valence-electron chi connectivity index (χ0n) is 17.5. The van der Waals surface area contributed by atoms with Gasteiger partial charge in [-0.3, -0.25) is 14.9 Å². The minimum Gasteiger partial charge on any atom is -0.495 e. The molecule has 166 valence electrons. The Labute approximate surface area is 180 Å². The van der Waals surface area contributed by atoms with E-state index in [0.29, 0.717) is 31.7 Å². The van der Waals surface area contributed by atoms with Gasteiger partial charge in [-0.15, -0.1) is 0 Å². The lowest BCUT2D eigenvalue weighted by molar-refractivity contribution is -0.384. The van der Waals surface area contributed by atoms with Crippen LogP contribution in [-0.4, -0.2) is 68.8 Å². The fraction of sp³-hybridized carbons (Fsp3) is 0.350. The van der Waals surface area contributed by atoms with E-state index in [0.717, 1.165) is 0 Å². The van der Waals surface area contributed by atoms with Crippen molar-refractivity contribution in [1.29, 1.82) is 0 Å². The van der Waals surface area contributed by atoms with Crippen molar-refractivity contribution in [2.75, 3.05) is 45.7 Å². The number of nitro benzene ring substituents is 1. The van der Waals surface area contributed by atoms with Crippen LogP contribution in [0.25, 0.3) is 0 Å². The first-order chi connectivity index (χ1) is 14.6. The number of benzene rings is 2. The SMILES string of the molecule is COc1ccc([N+](=O)[O-])cc1NC(=O)c1ccc(C)c(S(=O)(=O)N2CCN(C)CC2)c1. The Balaban J connectivity index is 1.90. The van der Waals surface area contributed by atoms with Gasteiger partial charge in [0.05, 0.1) is 22.6 Å². The molecule has 31 heavy (non-hydrogen) atoms. The summed E-state index contributed by atoms with van der Waals surface area (Å²) < 4.78 is 32.9. The smallest absolute Gasteiger partial charge is 0.271 e. The van der Waals surface area contributed by atoms with E-state index in [1.54, 1.807) is 13.0 Å². The minimum absolute atomic E-state index is 0.0655. The van der Waals surface area contributed by atoms with Gasteiger partial charge >= 0.3 is 0 Å². The molecule has 0 bridgehead atoms. The van der Waals surface area contributed by atoms with Gasteiger partial charge in [-0.05, 0) is 37.7 Å². The first-order valence-electron chi connectivity index (χ1n) is 9.56. The molecule has 1 heterocycles. The first-order valence-corrected chi connectivity index (χ1v) is 11.0. The summed E-state index contributed by atoms with van der Waals surface area (Å²) in [6, 6.07) is 8.25. The van der Waals surface area contributed by atoms with Crippen molar-refractivity contribution in [3.05, 3.63) is 57.6 Å². The van der Waals surface area contributed by atoms with E-state index in [-0.39, 0.29) is 27.6 Å². The van der Waals surface area contributed by atoms with Crippen molar-refractivity contribution in [2.24, 2.45) is 0 Å². The number of nitro groups is 1. The van der Waals surface area contributed by atoms with Crippen molar-refractivity contribution in [1.82, 2.24) is 9.21 Å². The van der Waals surface area contributed by atoms with Crippen LogP contribution in [0.3, 0.4) is 0 Å². The molecule has 3 rings (SSSR count). The summed E-state index contributed by atoms with van der Waals surface area (Å²) in [7, 11) is -0.452. The summed E-state index contributed by atoms with van der Waals surface area (Å²) in [6.45, 7) is 3.68. The van der Waals surface area contributed by atoms with Gasteiger partial charge < -0.3 is 15.0 Å². The Bertz CT molecular complexity index is 1110. The van der Waals surface area contributed by atoms with E-state index < -0.39 is 20.9 Å². The summed E-state index contributed by atoms with van der Waals surface area (Å²) in [6.07, 6.45) is 0. The minimum atomic E-state index is -3.76. The summed E-state index contributed by atoms with van der Waals surface area (Å²) in [5.41, 5.74) is 0.555. The highest BCUT2D eigenvalue weighted by Crippen LogP contribution is 2.30. The molecule has 1 amide bonds. The number of methoxy groups -OCH3 is 1. The quantitative estimate of drug-likeness (QED) is 0.530. The number of non-ortho nitro benzene ring substituents is 1. The molecule has 11 heteroatoms. The van der Waals surface area contributed by atoms with E-state index in [4.69, 9.17) is 4.74 Å². The van der Waals surface area contributed by atoms with Crippen molar-refractivity contribution < 1.29 is 22.9 Å². The van der Waals surface area contributed by atoms with Gasteiger partial charge in [0.1, 0.15) is 5.75 Å². The number of hydrogen-bond donors (Lipinski definition) is 1. The van der Waals surface area contributed by atoms with Crippen molar-refractivity contribution in [3.8, 4) is 5.75 Å². The van der Waals surface area contributed by atoms with E-state index >= 15 is 0 Å². The third-order valence-electron chi connectivity index (χ3n) is 5.17. The second-order valence-electron chi connectivity index (χ2n) is 7.28. The number of ether oxygens (including phenoxy) is 1. The van der Waals surface area contributed by atoms with Crippen LogP contribution in [0.15, 0.2) is 41.3 Å². The van der Waals surface area contributed by atoms with E-state index in [1.165, 1.54) is 41.7 Å². The summed E-state index contributed by atoms with van der Waals surface area (Å²) >= 11 is 0. The Kier molecular flexibility index (Phi) is 6.58. The molecule has 2 aromatic carbocycles. The molecule has 1 aliphatic rings. The monoisotopic (exact) mass is 448 g/mol. The number of carbonyl (C=O) groups is 1. The van der Waals surface area contributed by atoms with Crippen LogP contribution in [0.5, 0.6) is 5.75 Å². The van der Waals surface area contributed by atoms with Gasteiger partial charge in [0, 0.05) is 43.9 Å².